The van der Waals surface area contributed by atoms with Crippen molar-refractivity contribution in [2.45, 2.75) is 188 Å². The lowest BCUT2D eigenvalue weighted by molar-refractivity contribution is -0.135. The Morgan fingerprint density at radius 1 is 0.746 bits per heavy atom. The number of nitrogens with one attached hydrogen (secondary N) is 1. The minimum absolute atomic E-state index is 0.117. The van der Waals surface area contributed by atoms with Crippen LogP contribution in [0.2, 0.25) is 0 Å². The van der Waals surface area contributed by atoms with Gasteiger partial charge in [-0.2, -0.15) is 0 Å². The second-order valence-electron chi connectivity index (χ2n) is 20.7. The summed E-state index contributed by atoms with van der Waals surface area (Å²) in [6, 6.07) is 5.49. The number of allylic oxidation sites excluding steroid dienone is 4. The van der Waals surface area contributed by atoms with Crippen LogP contribution in [-0.4, -0.2) is 56.1 Å². The number of carbonyl (C=O) groups excluding carboxylic acids is 4. The number of aliphatic hydroxyl groups is 2. The monoisotopic (exact) mass is 826 g/mol. The van der Waals surface area contributed by atoms with Gasteiger partial charge in [-0.25, -0.2) is 0 Å². The quantitative estimate of drug-likeness (QED) is 0.110. The summed E-state index contributed by atoms with van der Waals surface area (Å²) in [6.45, 7) is 33.4. The van der Waals surface area contributed by atoms with Gasteiger partial charge in [-0.05, 0) is 74.1 Å². The Kier molecular flexibility index (Phi) is 26.2. The zero-order chi connectivity index (χ0) is 46.4. The predicted molar refractivity (Wildman–Crippen MR) is 249 cm³/mol. The van der Waals surface area contributed by atoms with Crippen molar-refractivity contribution in [1.82, 2.24) is 4.98 Å². The number of aromatic nitrogens is 1. The van der Waals surface area contributed by atoms with Crippen LogP contribution >= 0.6 is 0 Å². The lowest BCUT2D eigenvalue weighted by Crippen LogP contribution is -2.39. The van der Waals surface area contributed by atoms with Crippen LogP contribution in [0.5, 0.6) is 5.75 Å². The highest BCUT2D eigenvalue weighted by atomic mass is 16.3. The number of H-pyrrole nitrogens is 1. The fourth-order valence-electron chi connectivity index (χ4n) is 5.73. The van der Waals surface area contributed by atoms with Crippen molar-refractivity contribution in [1.29, 1.82) is 0 Å². The van der Waals surface area contributed by atoms with Gasteiger partial charge in [0, 0.05) is 63.9 Å². The van der Waals surface area contributed by atoms with Gasteiger partial charge in [0.05, 0.1) is 6.61 Å². The highest BCUT2D eigenvalue weighted by Gasteiger charge is 2.32. The fraction of sp³-hybridized carbons (Fsp3) is 0.686. The van der Waals surface area contributed by atoms with Crippen LogP contribution < -0.4 is 0 Å². The first kappa shape index (κ1) is 57.7. The summed E-state index contributed by atoms with van der Waals surface area (Å²) in [5.41, 5.74) is 1.22. The largest absolute Gasteiger partial charge is 0.508 e. The van der Waals surface area contributed by atoms with Gasteiger partial charge in [0.25, 0.3) is 0 Å². The van der Waals surface area contributed by atoms with Crippen molar-refractivity contribution >= 4 is 34.0 Å². The number of rotatable bonds is 18. The third-order valence-electron chi connectivity index (χ3n) is 10.0. The number of fused-ring (bicyclic) bond motifs is 1. The maximum absolute atomic E-state index is 11.7. The van der Waals surface area contributed by atoms with Crippen LogP contribution in [0.15, 0.2) is 48.7 Å². The summed E-state index contributed by atoms with van der Waals surface area (Å²) in [6.07, 6.45) is 17.1. The molecule has 1 aromatic heterocycles. The number of benzene rings is 1. The van der Waals surface area contributed by atoms with E-state index in [0.29, 0.717) is 42.0 Å². The average Bonchev–Trinajstić information content (AvgIpc) is 3.51. The topological polar surface area (TPSA) is 145 Å². The first-order valence-electron chi connectivity index (χ1n) is 21.9. The normalized spacial score (nSPS) is 13.0. The molecule has 59 heavy (non-hydrogen) atoms. The molecule has 0 spiro atoms. The van der Waals surface area contributed by atoms with Gasteiger partial charge in [0.1, 0.15) is 29.2 Å². The van der Waals surface area contributed by atoms with Crippen LogP contribution in [0.4, 0.5) is 0 Å². The molecule has 0 saturated heterocycles. The van der Waals surface area contributed by atoms with E-state index < -0.39 is 11.5 Å². The van der Waals surface area contributed by atoms with E-state index in [1.54, 1.807) is 19.9 Å². The number of hydrogen-bond donors (Lipinski definition) is 4. The number of hydrogen-bond acceptors (Lipinski definition) is 7. The number of phenols is 1. The number of aryl methyl sites for hydroxylation is 1. The second kappa shape index (κ2) is 26.8. The standard InChI is InChI=1S/C15H21NO.C14H26O4.C12H22O.C10H18O/c1-15(2,3)8-4-5-11-10-16-14-7-6-12(17)9-13(11)14;1-13(2,3)11(17)8-6-7-10(16)12(18)14(4,5)9-15;1-6-7-8-9-12(4,5)11(13)10(2)3;1-5-6-7-8-9(11)10(2,3)4/h6-7,9-10,16-17H,4-5,8H2,1-3H3;12,15,18H,6-9H2,1-5H3;7-8,10H,6,9H2,1-5H3;6-7H,5,8H2,1-4H3/b;;8-7-;7-6-/t;12-;;/m.0../s1. The van der Waals surface area contributed by atoms with E-state index >= 15 is 0 Å². The predicted octanol–water partition coefficient (Wildman–Crippen LogP) is 12.5. The maximum Gasteiger partial charge on any atom is 0.161 e. The molecule has 1 aromatic carbocycles. The number of ketones is 4. The molecule has 0 saturated carbocycles. The van der Waals surface area contributed by atoms with Gasteiger partial charge in [-0.1, -0.05) is 142 Å². The highest BCUT2D eigenvalue weighted by molar-refractivity contribution is 5.87. The first-order chi connectivity index (χ1) is 26.9. The van der Waals surface area contributed by atoms with Crippen molar-refractivity contribution in [2.75, 3.05) is 6.61 Å². The molecular formula is C51H87NO7. The molecule has 8 heteroatoms. The van der Waals surface area contributed by atoms with E-state index in [1.807, 2.05) is 93.5 Å². The zero-order valence-electron chi connectivity index (χ0n) is 40.5. The van der Waals surface area contributed by atoms with E-state index in [-0.39, 0.29) is 46.8 Å². The lowest BCUT2D eigenvalue weighted by Gasteiger charge is -2.27. The van der Waals surface area contributed by atoms with Crippen molar-refractivity contribution < 1.29 is 34.5 Å². The molecule has 2 aromatic rings. The molecule has 0 fully saturated rings. The van der Waals surface area contributed by atoms with E-state index in [9.17, 15) is 29.4 Å². The summed E-state index contributed by atoms with van der Waals surface area (Å²) in [5, 5.41) is 29.5. The van der Waals surface area contributed by atoms with E-state index in [2.05, 4.69) is 58.0 Å². The molecular weight excluding hydrogens is 739 g/mol. The number of phenolic OH excluding ortho intramolecular Hbond substituents is 1. The van der Waals surface area contributed by atoms with Gasteiger partial charge in [-0.15, -0.1) is 0 Å². The number of aromatic hydroxyl groups is 1. The maximum atomic E-state index is 11.7. The molecule has 4 N–H and O–H groups in total. The van der Waals surface area contributed by atoms with Crippen LogP contribution in [-0.2, 0) is 25.6 Å². The Hall–Kier alpha value is -3.36. The van der Waals surface area contributed by atoms with Gasteiger partial charge < -0.3 is 20.3 Å². The molecule has 0 unspecified atom stereocenters. The SMILES string of the molecule is CC(C)(C)C(=O)CCCC(=O)[C@H](O)C(C)(C)CO.CC(C)(C)CCCc1c[nH]c2ccc(O)cc12.CC/C=C\CC(=O)C(C)(C)C.CC/C=C\CC(C)(C)C(=O)C(C)C. The molecule has 0 aliphatic rings. The Balaban J connectivity index is 0. The van der Waals surface area contributed by atoms with Crippen molar-refractivity contribution in [3.63, 3.8) is 0 Å². The van der Waals surface area contributed by atoms with Gasteiger partial charge >= 0.3 is 0 Å². The molecule has 1 heterocycles. The summed E-state index contributed by atoms with van der Waals surface area (Å²) in [4.78, 5) is 49.6. The van der Waals surface area contributed by atoms with Gasteiger partial charge in [0.15, 0.2) is 5.78 Å². The van der Waals surface area contributed by atoms with Crippen LogP contribution in [0.25, 0.3) is 10.9 Å². The lowest BCUT2D eigenvalue weighted by atomic mass is 9.79. The summed E-state index contributed by atoms with van der Waals surface area (Å²) >= 11 is 0. The first-order valence-corrected chi connectivity index (χ1v) is 21.9. The Bertz CT molecular complexity index is 1600. The van der Waals surface area contributed by atoms with Crippen LogP contribution in [0.3, 0.4) is 0 Å². The Morgan fingerprint density at radius 3 is 1.76 bits per heavy atom. The number of aliphatic hydroxyl groups excluding tert-OH is 2. The number of Topliss-reactive ketones (excluding diaryl/α,β-unsaturated/α-hetero) is 4. The molecule has 8 nitrogen and oxygen atoms in total. The minimum Gasteiger partial charge on any atom is -0.508 e. The van der Waals surface area contributed by atoms with Crippen LogP contribution in [0.1, 0.15) is 181 Å². The highest BCUT2D eigenvalue weighted by Crippen LogP contribution is 2.28. The average molecular weight is 826 g/mol. The molecule has 0 bridgehead atoms. The Labute approximate surface area is 360 Å². The third kappa shape index (κ3) is 25.1. The molecule has 0 radical (unpaired) electrons. The van der Waals surface area contributed by atoms with E-state index in [0.717, 1.165) is 36.6 Å². The van der Waals surface area contributed by atoms with E-state index in [1.165, 1.54) is 18.4 Å². The molecule has 2 rings (SSSR count). The smallest absolute Gasteiger partial charge is 0.161 e. The number of aromatic amines is 1. The molecule has 0 aliphatic heterocycles. The molecule has 0 aliphatic carbocycles. The second-order valence-corrected chi connectivity index (χ2v) is 20.7. The van der Waals surface area contributed by atoms with Crippen LogP contribution in [0, 0.1) is 33.0 Å². The van der Waals surface area contributed by atoms with Crippen molar-refractivity contribution in [3.05, 3.63) is 54.3 Å². The van der Waals surface area contributed by atoms with Gasteiger partial charge in [-0.3, -0.25) is 19.2 Å². The third-order valence-corrected chi connectivity index (χ3v) is 10.0. The fourth-order valence-corrected chi connectivity index (χ4v) is 5.73. The zero-order valence-corrected chi connectivity index (χ0v) is 40.5. The summed E-state index contributed by atoms with van der Waals surface area (Å²) in [5.74, 6) is 0.955. The minimum atomic E-state index is -1.17. The Morgan fingerprint density at radius 2 is 1.29 bits per heavy atom. The summed E-state index contributed by atoms with van der Waals surface area (Å²) < 4.78 is 0. The van der Waals surface area contributed by atoms with E-state index in [4.69, 9.17) is 5.11 Å². The van der Waals surface area contributed by atoms with Crippen molar-refractivity contribution in [2.24, 2.45) is 33.0 Å². The molecule has 0 amide bonds. The number of carbonyl (C=O) groups is 4. The van der Waals surface area contributed by atoms with Crippen molar-refractivity contribution in [3.8, 4) is 5.75 Å². The molecule has 338 valence electrons. The molecule has 1 atom stereocenters. The summed E-state index contributed by atoms with van der Waals surface area (Å²) in [7, 11) is 0. The van der Waals surface area contributed by atoms with Gasteiger partial charge in [0.2, 0.25) is 0 Å².